The largest absolute Gasteiger partial charge is 0.468 e. The highest BCUT2D eigenvalue weighted by molar-refractivity contribution is 8.02. The molecule has 0 radical (unpaired) electrons. The molecule has 1 fully saturated rings. The van der Waals surface area contributed by atoms with E-state index in [1.165, 1.54) is 43.1 Å². The first-order valence-corrected chi connectivity index (χ1v) is 6.73. The van der Waals surface area contributed by atoms with Crippen LogP contribution in [0.3, 0.4) is 0 Å². The Labute approximate surface area is 102 Å². The van der Waals surface area contributed by atoms with Gasteiger partial charge in [0.05, 0.1) is 7.11 Å². The van der Waals surface area contributed by atoms with Crippen LogP contribution in [-0.2, 0) is 9.53 Å². The predicted molar refractivity (Wildman–Crippen MR) is 63.9 cm³/mol. The first-order chi connectivity index (χ1) is 7.69. The van der Waals surface area contributed by atoms with Gasteiger partial charge in [0, 0.05) is 6.04 Å². The summed E-state index contributed by atoms with van der Waals surface area (Å²) >= 11 is 2.85. The number of rotatable bonds is 5. The molecule has 0 amide bonds. The molecule has 5 nitrogen and oxygen atoms in total. The smallest absolute Gasteiger partial charge is 0.318 e. The van der Waals surface area contributed by atoms with Gasteiger partial charge in [-0.1, -0.05) is 23.1 Å². The molecule has 1 saturated carbocycles. The van der Waals surface area contributed by atoms with Gasteiger partial charge >= 0.3 is 5.97 Å². The SMILES string of the molecule is COC(=O)C(C)Sc1nnc(NC2CC2)s1. The molecule has 0 aliphatic heterocycles. The van der Waals surface area contributed by atoms with Crippen molar-refractivity contribution in [1.82, 2.24) is 10.2 Å². The van der Waals surface area contributed by atoms with Crippen LogP contribution in [0.5, 0.6) is 0 Å². The highest BCUT2D eigenvalue weighted by atomic mass is 32.2. The number of nitrogens with one attached hydrogen (secondary N) is 1. The molecule has 2 rings (SSSR count). The lowest BCUT2D eigenvalue weighted by Crippen LogP contribution is -2.14. The molecular formula is C9H13N3O2S2. The van der Waals surface area contributed by atoms with E-state index in [9.17, 15) is 4.79 Å². The van der Waals surface area contributed by atoms with Gasteiger partial charge in [-0.15, -0.1) is 10.2 Å². The van der Waals surface area contributed by atoms with Crippen LogP contribution in [0.4, 0.5) is 5.13 Å². The van der Waals surface area contributed by atoms with Gasteiger partial charge in [0.2, 0.25) is 5.13 Å². The highest BCUT2D eigenvalue weighted by Crippen LogP contribution is 2.32. The van der Waals surface area contributed by atoms with Crippen molar-refractivity contribution in [3.8, 4) is 0 Å². The standard InChI is InChI=1S/C9H13N3O2S2/c1-5(7(13)14-2)15-9-12-11-8(16-9)10-6-3-4-6/h5-6H,3-4H2,1-2H3,(H,10,11). The normalized spacial score (nSPS) is 16.9. The maximum Gasteiger partial charge on any atom is 0.318 e. The number of nitrogens with zero attached hydrogens (tertiary/aromatic N) is 2. The van der Waals surface area contributed by atoms with Crippen LogP contribution in [0.2, 0.25) is 0 Å². The molecule has 0 bridgehead atoms. The van der Waals surface area contributed by atoms with Crippen LogP contribution in [0.25, 0.3) is 0 Å². The van der Waals surface area contributed by atoms with E-state index in [0.717, 1.165) is 9.47 Å². The van der Waals surface area contributed by atoms with Crippen LogP contribution >= 0.6 is 23.1 Å². The molecule has 1 atom stereocenters. The van der Waals surface area contributed by atoms with Gasteiger partial charge in [-0.2, -0.15) is 0 Å². The molecule has 88 valence electrons. The summed E-state index contributed by atoms with van der Waals surface area (Å²) in [6, 6.07) is 0.573. The van der Waals surface area contributed by atoms with E-state index in [2.05, 4.69) is 20.3 Å². The van der Waals surface area contributed by atoms with E-state index < -0.39 is 0 Å². The molecule has 1 aliphatic carbocycles. The summed E-state index contributed by atoms with van der Waals surface area (Å²) in [5.74, 6) is -0.239. The van der Waals surface area contributed by atoms with Gasteiger partial charge < -0.3 is 10.1 Å². The lowest BCUT2D eigenvalue weighted by Gasteiger charge is -2.04. The molecule has 1 aromatic rings. The Balaban J connectivity index is 1.88. The molecular weight excluding hydrogens is 246 g/mol. The lowest BCUT2D eigenvalue weighted by molar-refractivity contribution is -0.139. The molecule has 0 spiro atoms. The third kappa shape index (κ3) is 3.08. The van der Waals surface area contributed by atoms with E-state index >= 15 is 0 Å². The Morgan fingerprint density at radius 2 is 2.38 bits per heavy atom. The van der Waals surface area contributed by atoms with Crippen molar-refractivity contribution in [2.24, 2.45) is 0 Å². The fourth-order valence-corrected chi connectivity index (χ4v) is 3.08. The third-order valence-corrected chi connectivity index (χ3v) is 4.14. The number of hydrogen-bond acceptors (Lipinski definition) is 7. The van der Waals surface area contributed by atoms with E-state index in [0.29, 0.717) is 6.04 Å². The molecule has 16 heavy (non-hydrogen) atoms. The van der Waals surface area contributed by atoms with Gasteiger partial charge in [0.15, 0.2) is 4.34 Å². The Kier molecular flexibility index (Phi) is 3.65. The number of carbonyl (C=O) groups is 1. The zero-order valence-electron chi connectivity index (χ0n) is 9.10. The van der Waals surface area contributed by atoms with Crippen molar-refractivity contribution in [3.05, 3.63) is 0 Å². The van der Waals surface area contributed by atoms with Crippen LogP contribution in [0, 0.1) is 0 Å². The number of anilines is 1. The second-order valence-corrected chi connectivity index (χ2v) is 6.14. The first-order valence-electron chi connectivity index (χ1n) is 5.03. The average Bonchev–Trinajstić information content (AvgIpc) is 2.97. The Bertz CT molecular complexity index is 379. The first kappa shape index (κ1) is 11.7. The number of esters is 1. The van der Waals surface area contributed by atoms with Crippen molar-refractivity contribution in [1.29, 1.82) is 0 Å². The summed E-state index contributed by atoms with van der Waals surface area (Å²) in [6.45, 7) is 1.80. The summed E-state index contributed by atoms with van der Waals surface area (Å²) < 4.78 is 5.44. The Morgan fingerprint density at radius 3 is 3.00 bits per heavy atom. The van der Waals surface area contributed by atoms with Gasteiger partial charge in [-0.05, 0) is 19.8 Å². The maximum absolute atomic E-state index is 11.2. The van der Waals surface area contributed by atoms with E-state index in [-0.39, 0.29) is 11.2 Å². The van der Waals surface area contributed by atoms with Crippen LogP contribution < -0.4 is 5.32 Å². The summed E-state index contributed by atoms with van der Waals surface area (Å²) in [6.07, 6.45) is 2.42. The zero-order chi connectivity index (χ0) is 11.5. The van der Waals surface area contributed by atoms with Crippen molar-refractivity contribution in [2.75, 3.05) is 12.4 Å². The van der Waals surface area contributed by atoms with Crippen LogP contribution in [0.15, 0.2) is 4.34 Å². The van der Waals surface area contributed by atoms with Crippen molar-refractivity contribution >= 4 is 34.2 Å². The predicted octanol–water partition coefficient (Wildman–Crippen LogP) is 1.77. The van der Waals surface area contributed by atoms with Crippen LogP contribution in [0.1, 0.15) is 19.8 Å². The lowest BCUT2D eigenvalue weighted by atomic mass is 10.5. The summed E-state index contributed by atoms with van der Waals surface area (Å²) in [5.41, 5.74) is 0. The maximum atomic E-state index is 11.2. The van der Waals surface area contributed by atoms with Crippen LogP contribution in [-0.4, -0.2) is 34.6 Å². The molecule has 1 heterocycles. The Morgan fingerprint density at radius 1 is 1.62 bits per heavy atom. The number of ether oxygens (including phenoxy) is 1. The van der Waals surface area contributed by atoms with Gasteiger partial charge in [-0.3, -0.25) is 4.79 Å². The molecule has 1 N–H and O–H groups in total. The van der Waals surface area contributed by atoms with Gasteiger partial charge in [0.1, 0.15) is 5.25 Å². The van der Waals surface area contributed by atoms with Crippen molar-refractivity contribution in [3.63, 3.8) is 0 Å². The molecule has 1 aliphatic rings. The molecule has 7 heteroatoms. The van der Waals surface area contributed by atoms with E-state index in [1.54, 1.807) is 6.92 Å². The summed E-state index contributed by atoms with van der Waals surface area (Å²) in [7, 11) is 1.39. The minimum atomic E-state index is -0.244. The molecule has 1 unspecified atom stereocenters. The third-order valence-electron chi connectivity index (χ3n) is 2.12. The fraction of sp³-hybridized carbons (Fsp3) is 0.667. The number of hydrogen-bond donors (Lipinski definition) is 1. The van der Waals surface area contributed by atoms with Gasteiger partial charge in [-0.25, -0.2) is 0 Å². The number of aromatic nitrogens is 2. The summed E-state index contributed by atoms with van der Waals surface area (Å²) in [5, 5.41) is 11.9. The van der Waals surface area contributed by atoms with Gasteiger partial charge in [0.25, 0.3) is 0 Å². The second kappa shape index (κ2) is 5.01. The molecule has 0 aromatic carbocycles. The number of carbonyl (C=O) groups excluding carboxylic acids is 1. The minimum absolute atomic E-state index is 0.239. The summed E-state index contributed by atoms with van der Waals surface area (Å²) in [4.78, 5) is 11.2. The number of methoxy groups -OCH3 is 1. The quantitative estimate of drug-likeness (QED) is 0.642. The number of thioether (sulfide) groups is 1. The van der Waals surface area contributed by atoms with E-state index in [4.69, 9.17) is 0 Å². The average molecular weight is 259 g/mol. The monoisotopic (exact) mass is 259 g/mol. The minimum Gasteiger partial charge on any atom is -0.468 e. The van der Waals surface area contributed by atoms with Crippen molar-refractivity contribution < 1.29 is 9.53 Å². The molecule has 1 aromatic heterocycles. The Hall–Kier alpha value is -0.820. The zero-order valence-corrected chi connectivity index (χ0v) is 10.7. The molecule has 0 saturated heterocycles. The highest BCUT2D eigenvalue weighted by Gasteiger charge is 2.23. The van der Waals surface area contributed by atoms with E-state index in [1.807, 2.05) is 0 Å². The second-order valence-electron chi connectivity index (χ2n) is 3.57. The fourth-order valence-electron chi connectivity index (χ4n) is 1.08. The van der Waals surface area contributed by atoms with Crippen molar-refractivity contribution in [2.45, 2.75) is 35.4 Å². The topological polar surface area (TPSA) is 64.1 Å².